The first kappa shape index (κ1) is 24.3. The van der Waals surface area contributed by atoms with E-state index in [0.29, 0.717) is 34.1 Å². The number of rotatable bonds is 8. The second-order valence-corrected chi connectivity index (χ2v) is 9.12. The minimum absolute atomic E-state index is 0.0573. The number of carbonyl (C=O) groups excluding carboxylic acids is 3. The van der Waals surface area contributed by atoms with Gasteiger partial charge in [-0.2, -0.15) is 0 Å². The zero-order chi connectivity index (χ0) is 25.1. The molecule has 1 aliphatic rings. The van der Waals surface area contributed by atoms with Crippen molar-refractivity contribution in [2.75, 3.05) is 11.5 Å². The van der Waals surface area contributed by atoms with Crippen LogP contribution in [0.25, 0.3) is 5.76 Å². The number of ether oxygens (including phenoxy) is 1. The number of amides is 1. The number of hydrogen-bond acceptors (Lipinski definition) is 8. The number of benzene rings is 1. The molecular formula is C26H25N3O5S. The number of Topliss-reactive ketones (excluding diaryl/α,β-unsaturated/α-hetero) is 2. The van der Waals surface area contributed by atoms with Crippen LogP contribution in [0.4, 0.5) is 5.13 Å². The van der Waals surface area contributed by atoms with E-state index in [0.717, 1.165) is 24.2 Å². The van der Waals surface area contributed by atoms with E-state index in [2.05, 4.69) is 16.9 Å². The normalized spacial score (nSPS) is 17.1. The van der Waals surface area contributed by atoms with E-state index in [-0.39, 0.29) is 22.2 Å². The molecule has 0 bridgehead atoms. The molecule has 35 heavy (non-hydrogen) atoms. The van der Waals surface area contributed by atoms with Crippen molar-refractivity contribution in [3.05, 3.63) is 76.1 Å². The Morgan fingerprint density at radius 3 is 2.43 bits per heavy atom. The van der Waals surface area contributed by atoms with E-state index in [1.807, 2.05) is 0 Å². The van der Waals surface area contributed by atoms with Gasteiger partial charge in [0.1, 0.15) is 11.5 Å². The Morgan fingerprint density at radius 2 is 1.83 bits per heavy atom. The summed E-state index contributed by atoms with van der Waals surface area (Å²) >= 11 is 1.05. The van der Waals surface area contributed by atoms with Gasteiger partial charge in [-0.05, 0) is 43.2 Å². The van der Waals surface area contributed by atoms with Crippen LogP contribution in [-0.2, 0) is 9.59 Å². The summed E-state index contributed by atoms with van der Waals surface area (Å²) in [6, 6.07) is 9.25. The molecule has 1 atom stereocenters. The predicted molar refractivity (Wildman–Crippen MR) is 133 cm³/mol. The smallest absolute Gasteiger partial charge is 0.301 e. The molecule has 1 aromatic carbocycles. The van der Waals surface area contributed by atoms with Gasteiger partial charge in [-0.3, -0.25) is 24.3 Å². The molecule has 2 aromatic heterocycles. The molecule has 4 rings (SSSR count). The van der Waals surface area contributed by atoms with Gasteiger partial charge in [-0.25, -0.2) is 4.98 Å². The monoisotopic (exact) mass is 491 g/mol. The molecular weight excluding hydrogens is 466 g/mol. The summed E-state index contributed by atoms with van der Waals surface area (Å²) in [7, 11) is 0. The van der Waals surface area contributed by atoms with Gasteiger partial charge < -0.3 is 9.84 Å². The van der Waals surface area contributed by atoms with Gasteiger partial charge in [0, 0.05) is 24.9 Å². The largest absolute Gasteiger partial charge is 0.507 e. The van der Waals surface area contributed by atoms with E-state index in [1.165, 1.54) is 24.2 Å². The van der Waals surface area contributed by atoms with Gasteiger partial charge in [-0.1, -0.05) is 36.8 Å². The number of anilines is 1. The molecule has 3 heterocycles. The zero-order valence-corrected chi connectivity index (χ0v) is 20.5. The van der Waals surface area contributed by atoms with Crippen LogP contribution in [-0.4, -0.2) is 39.2 Å². The number of aromatic nitrogens is 2. The molecule has 0 spiro atoms. The summed E-state index contributed by atoms with van der Waals surface area (Å²) in [6.07, 6.45) is 4.92. The van der Waals surface area contributed by atoms with Gasteiger partial charge in [0.25, 0.3) is 5.78 Å². The number of pyridine rings is 1. The third-order valence-electron chi connectivity index (χ3n) is 5.67. The van der Waals surface area contributed by atoms with Crippen molar-refractivity contribution >= 4 is 39.7 Å². The van der Waals surface area contributed by atoms with Crippen LogP contribution in [0.3, 0.4) is 0 Å². The number of aryl methyl sites for hydroxylation is 1. The number of aliphatic hydroxyl groups excluding tert-OH is 1. The third-order valence-corrected chi connectivity index (χ3v) is 6.93. The van der Waals surface area contributed by atoms with Crippen LogP contribution < -0.4 is 9.64 Å². The van der Waals surface area contributed by atoms with Crippen molar-refractivity contribution in [1.29, 1.82) is 0 Å². The highest BCUT2D eigenvalue weighted by Crippen LogP contribution is 2.44. The lowest BCUT2D eigenvalue weighted by molar-refractivity contribution is -0.132. The van der Waals surface area contributed by atoms with Crippen molar-refractivity contribution in [3.8, 4) is 5.75 Å². The molecule has 1 aliphatic heterocycles. The van der Waals surface area contributed by atoms with E-state index >= 15 is 0 Å². The molecule has 1 saturated heterocycles. The molecule has 1 fully saturated rings. The van der Waals surface area contributed by atoms with Gasteiger partial charge in [0.2, 0.25) is 0 Å². The predicted octanol–water partition coefficient (Wildman–Crippen LogP) is 4.85. The van der Waals surface area contributed by atoms with Crippen LogP contribution in [0.1, 0.15) is 59.2 Å². The average molecular weight is 492 g/mol. The van der Waals surface area contributed by atoms with E-state index in [1.54, 1.807) is 43.3 Å². The van der Waals surface area contributed by atoms with Crippen molar-refractivity contribution < 1.29 is 24.2 Å². The topological polar surface area (TPSA) is 110 Å². The van der Waals surface area contributed by atoms with Crippen LogP contribution in [0.5, 0.6) is 5.75 Å². The fourth-order valence-electron chi connectivity index (χ4n) is 3.90. The zero-order valence-electron chi connectivity index (χ0n) is 19.6. The minimum Gasteiger partial charge on any atom is -0.507 e. The number of thiazole rings is 1. The Bertz CT molecular complexity index is 1300. The highest BCUT2D eigenvalue weighted by Gasteiger charge is 2.48. The molecule has 1 unspecified atom stereocenters. The number of carbonyl (C=O) groups is 3. The molecule has 180 valence electrons. The summed E-state index contributed by atoms with van der Waals surface area (Å²) in [6.45, 7) is 5.77. The Labute approximate surface area is 206 Å². The maximum absolute atomic E-state index is 13.2. The maximum Gasteiger partial charge on any atom is 0.301 e. The first-order chi connectivity index (χ1) is 16.8. The quantitative estimate of drug-likeness (QED) is 0.158. The molecule has 0 radical (unpaired) electrons. The Balaban J connectivity index is 1.84. The molecule has 3 aromatic rings. The molecule has 0 saturated carbocycles. The highest BCUT2D eigenvalue weighted by atomic mass is 32.1. The average Bonchev–Trinajstić information content (AvgIpc) is 3.37. The van der Waals surface area contributed by atoms with Crippen molar-refractivity contribution in [1.82, 2.24) is 9.97 Å². The molecule has 9 heteroatoms. The number of hydrogen-bond donors (Lipinski definition) is 1. The van der Waals surface area contributed by atoms with Crippen LogP contribution >= 0.6 is 11.3 Å². The summed E-state index contributed by atoms with van der Waals surface area (Å²) in [5.74, 6) is -1.47. The number of aliphatic hydroxyl groups is 1. The van der Waals surface area contributed by atoms with Crippen LogP contribution in [0.2, 0.25) is 0 Å². The van der Waals surface area contributed by atoms with Crippen molar-refractivity contribution in [3.63, 3.8) is 0 Å². The Hall–Kier alpha value is -3.85. The fraction of sp³-hybridized carbons (Fsp3) is 0.269. The number of unbranched alkanes of at least 4 members (excludes halogenated alkanes) is 1. The summed E-state index contributed by atoms with van der Waals surface area (Å²) in [5, 5.41) is 11.3. The van der Waals surface area contributed by atoms with Crippen molar-refractivity contribution in [2.24, 2.45) is 0 Å². The lowest BCUT2D eigenvalue weighted by Crippen LogP contribution is -2.29. The fourth-order valence-corrected chi connectivity index (χ4v) is 4.89. The van der Waals surface area contributed by atoms with Crippen molar-refractivity contribution in [2.45, 2.75) is 39.7 Å². The van der Waals surface area contributed by atoms with Gasteiger partial charge >= 0.3 is 5.91 Å². The number of nitrogens with zero attached hydrogens (tertiary/aromatic N) is 3. The highest BCUT2D eigenvalue weighted by molar-refractivity contribution is 7.18. The van der Waals surface area contributed by atoms with Gasteiger partial charge in [-0.15, -0.1) is 0 Å². The Kier molecular flexibility index (Phi) is 7.07. The van der Waals surface area contributed by atoms with Crippen LogP contribution in [0.15, 0.2) is 54.4 Å². The lowest BCUT2D eigenvalue weighted by atomic mass is 9.95. The second kappa shape index (κ2) is 10.2. The van der Waals surface area contributed by atoms with E-state index < -0.39 is 17.7 Å². The summed E-state index contributed by atoms with van der Waals surface area (Å²) < 4.78 is 5.74. The SMILES string of the molecule is CCCCOc1ccc(C2/C(=C(\O)c3ccncc3)C(=O)C(=O)N2c2nc(C)c(C(C)=O)s2)cc1. The molecule has 1 amide bonds. The molecule has 1 N–H and O–H groups in total. The lowest BCUT2D eigenvalue weighted by Gasteiger charge is -2.23. The van der Waals surface area contributed by atoms with E-state index in [4.69, 9.17) is 4.74 Å². The van der Waals surface area contributed by atoms with Gasteiger partial charge in [0.15, 0.2) is 10.9 Å². The third kappa shape index (κ3) is 4.72. The first-order valence-electron chi connectivity index (χ1n) is 11.3. The summed E-state index contributed by atoms with van der Waals surface area (Å²) in [5.41, 5.74) is 1.38. The van der Waals surface area contributed by atoms with Gasteiger partial charge in [0.05, 0.1) is 28.8 Å². The minimum atomic E-state index is -0.932. The molecule has 8 nitrogen and oxygen atoms in total. The first-order valence-corrected chi connectivity index (χ1v) is 12.1. The Morgan fingerprint density at radius 1 is 1.14 bits per heavy atom. The summed E-state index contributed by atoms with van der Waals surface area (Å²) in [4.78, 5) is 48.5. The number of ketones is 2. The van der Waals surface area contributed by atoms with E-state index in [9.17, 15) is 19.5 Å². The molecule has 0 aliphatic carbocycles. The standard InChI is InChI=1S/C26H25N3O5S/c1-4-5-14-34-19-8-6-17(7-9-19)21-20(22(31)18-10-12-27-13-11-18)23(32)25(33)29(21)26-28-15(2)24(35-26)16(3)30/h6-13,21,31H,4-5,14H2,1-3H3/b22-20+. The maximum atomic E-state index is 13.2. The van der Waals surface area contributed by atoms with Crippen LogP contribution in [0, 0.1) is 6.92 Å². The second-order valence-electron chi connectivity index (χ2n) is 8.14.